The standard InChI is InChI=1S/C18H23BrN4S/c1-18(2,24-16-8-6-14(19)7-9-16)13-23-17(20)22-12-10-15-5-3-4-11-21-15/h3-9,11H,10,12-13H2,1-2H3,(H3,20,22,23). The van der Waals surface area contributed by atoms with Crippen LogP contribution in [0.3, 0.4) is 0 Å². The van der Waals surface area contributed by atoms with Gasteiger partial charge in [-0.25, -0.2) is 0 Å². The summed E-state index contributed by atoms with van der Waals surface area (Å²) in [6.07, 6.45) is 2.63. The first-order chi connectivity index (χ1) is 11.4. The fourth-order valence-electron chi connectivity index (χ4n) is 2.05. The van der Waals surface area contributed by atoms with E-state index in [9.17, 15) is 0 Å². The molecule has 0 aliphatic rings. The van der Waals surface area contributed by atoms with Crippen LogP contribution in [0.5, 0.6) is 0 Å². The second-order valence-corrected chi connectivity index (χ2v) is 8.71. The Hall–Kier alpha value is -1.53. The third-order valence-electron chi connectivity index (χ3n) is 3.25. The van der Waals surface area contributed by atoms with Crippen LogP contribution in [-0.4, -0.2) is 28.8 Å². The molecule has 24 heavy (non-hydrogen) atoms. The minimum absolute atomic E-state index is 0.0267. The van der Waals surface area contributed by atoms with Crippen LogP contribution in [0.2, 0.25) is 0 Å². The SMILES string of the molecule is CC(C)(CN=C(N)NCCc1ccccn1)Sc1ccc(Br)cc1. The quantitative estimate of drug-likeness (QED) is 0.416. The Bertz CT molecular complexity index is 656. The average Bonchev–Trinajstić information content (AvgIpc) is 2.56. The molecule has 128 valence electrons. The number of nitrogens with two attached hydrogens (primary N) is 1. The lowest BCUT2D eigenvalue weighted by Gasteiger charge is -2.22. The number of hydrogen-bond acceptors (Lipinski definition) is 3. The Morgan fingerprint density at radius 2 is 2.00 bits per heavy atom. The summed E-state index contributed by atoms with van der Waals surface area (Å²) in [6.45, 7) is 5.72. The highest BCUT2D eigenvalue weighted by atomic mass is 79.9. The summed E-state index contributed by atoms with van der Waals surface area (Å²) in [6, 6.07) is 14.2. The number of hydrogen-bond donors (Lipinski definition) is 2. The minimum Gasteiger partial charge on any atom is -0.370 e. The van der Waals surface area contributed by atoms with Gasteiger partial charge < -0.3 is 11.1 Å². The summed E-state index contributed by atoms with van der Waals surface area (Å²) in [7, 11) is 0. The molecule has 0 fully saturated rings. The molecule has 0 amide bonds. The molecular weight excluding hydrogens is 384 g/mol. The van der Waals surface area contributed by atoms with Crippen molar-refractivity contribution in [3.05, 3.63) is 58.8 Å². The van der Waals surface area contributed by atoms with Gasteiger partial charge in [0.1, 0.15) is 0 Å². The number of pyridine rings is 1. The molecule has 1 heterocycles. The Kier molecular flexibility index (Phi) is 7.12. The molecule has 0 atom stereocenters. The third-order valence-corrected chi connectivity index (χ3v) is 4.97. The average molecular weight is 407 g/mol. The van der Waals surface area contributed by atoms with Crippen molar-refractivity contribution in [3.8, 4) is 0 Å². The highest BCUT2D eigenvalue weighted by Gasteiger charge is 2.19. The van der Waals surface area contributed by atoms with Gasteiger partial charge in [-0.2, -0.15) is 0 Å². The number of nitrogens with zero attached hydrogens (tertiary/aromatic N) is 2. The lowest BCUT2D eigenvalue weighted by molar-refractivity contribution is 0.716. The van der Waals surface area contributed by atoms with Gasteiger partial charge in [0.2, 0.25) is 0 Å². The molecule has 0 spiro atoms. The summed E-state index contributed by atoms with van der Waals surface area (Å²) in [5, 5.41) is 3.15. The van der Waals surface area contributed by atoms with Crippen molar-refractivity contribution in [1.82, 2.24) is 10.3 Å². The van der Waals surface area contributed by atoms with E-state index in [1.165, 1.54) is 4.90 Å². The number of aliphatic imine (C=N–C) groups is 1. The van der Waals surface area contributed by atoms with Gasteiger partial charge in [0.15, 0.2) is 5.96 Å². The van der Waals surface area contributed by atoms with Crippen LogP contribution in [0.25, 0.3) is 0 Å². The van der Waals surface area contributed by atoms with Crippen LogP contribution < -0.4 is 11.1 Å². The van der Waals surface area contributed by atoms with Gasteiger partial charge in [-0.15, -0.1) is 11.8 Å². The van der Waals surface area contributed by atoms with E-state index >= 15 is 0 Å². The van der Waals surface area contributed by atoms with Crippen molar-refractivity contribution >= 4 is 33.7 Å². The maximum absolute atomic E-state index is 5.96. The fraction of sp³-hybridized carbons (Fsp3) is 0.333. The number of aromatic nitrogens is 1. The van der Waals surface area contributed by atoms with E-state index in [2.05, 4.69) is 69.3 Å². The zero-order valence-electron chi connectivity index (χ0n) is 14.0. The lowest BCUT2D eigenvalue weighted by atomic mass is 10.2. The summed E-state index contributed by atoms with van der Waals surface area (Å²) in [4.78, 5) is 9.98. The normalized spacial score (nSPS) is 12.2. The predicted octanol–water partition coefficient (Wildman–Crippen LogP) is 3.86. The van der Waals surface area contributed by atoms with Crippen molar-refractivity contribution in [2.75, 3.05) is 13.1 Å². The van der Waals surface area contributed by atoms with Gasteiger partial charge in [-0.05, 0) is 50.2 Å². The molecule has 1 aromatic carbocycles. The van der Waals surface area contributed by atoms with Crippen LogP contribution in [0.1, 0.15) is 19.5 Å². The maximum atomic E-state index is 5.96. The van der Waals surface area contributed by atoms with Gasteiger partial charge in [0, 0.05) is 39.0 Å². The monoisotopic (exact) mass is 406 g/mol. The third kappa shape index (κ3) is 6.93. The molecule has 1 aromatic heterocycles. The lowest BCUT2D eigenvalue weighted by Crippen LogP contribution is -2.35. The second kappa shape index (κ2) is 9.08. The van der Waals surface area contributed by atoms with E-state index in [1.54, 1.807) is 18.0 Å². The van der Waals surface area contributed by atoms with E-state index in [0.29, 0.717) is 12.5 Å². The summed E-state index contributed by atoms with van der Waals surface area (Å²) < 4.78 is 1.06. The van der Waals surface area contributed by atoms with Crippen LogP contribution in [0, 0.1) is 0 Å². The van der Waals surface area contributed by atoms with E-state index in [1.807, 2.05) is 18.2 Å². The van der Waals surface area contributed by atoms with E-state index < -0.39 is 0 Å². The van der Waals surface area contributed by atoms with Gasteiger partial charge in [-0.1, -0.05) is 22.0 Å². The van der Waals surface area contributed by atoms with Crippen LogP contribution in [0.15, 0.2) is 63.0 Å². The molecule has 2 aromatic rings. The van der Waals surface area contributed by atoms with Gasteiger partial charge in [-0.3, -0.25) is 9.98 Å². The molecule has 0 saturated heterocycles. The summed E-state index contributed by atoms with van der Waals surface area (Å²) in [5.41, 5.74) is 7.01. The first-order valence-electron chi connectivity index (χ1n) is 7.83. The Morgan fingerprint density at radius 1 is 1.25 bits per heavy atom. The van der Waals surface area contributed by atoms with Crippen LogP contribution >= 0.6 is 27.7 Å². The first kappa shape index (κ1) is 18.8. The van der Waals surface area contributed by atoms with Crippen molar-refractivity contribution in [3.63, 3.8) is 0 Å². The number of benzene rings is 1. The minimum atomic E-state index is -0.0267. The number of rotatable bonds is 7. The van der Waals surface area contributed by atoms with Crippen molar-refractivity contribution < 1.29 is 0 Å². The predicted molar refractivity (Wildman–Crippen MR) is 107 cm³/mol. The molecule has 0 bridgehead atoms. The number of nitrogens with one attached hydrogen (secondary N) is 1. The highest BCUT2D eigenvalue weighted by Crippen LogP contribution is 2.33. The zero-order valence-corrected chi connectivity index (χ0v) is 16.4. The molecular formula is C18H23BrN4S. The second-order valence-electron chi connectivity index (χ2n) is 6.01. The molecule has 0 unspecified atom stereocenters. The molecule has 0 aliphatic carbocycles. The first-order valence-corrected chi connectivity index (χ1v) is 9.44. The van der Waals surface area contributed by atoms with Crippen LogP contribution in [0.4, 0.5) is 0 Å². The van der Waals surface area contributed by atoms with Gasteiger partial charge >= 0.3 is 0 Å². The molecule has 3 N–H and O–H groups in total. The van der Waals surface area contributed by atoms with Crippen LogP contribution in [-0.2, 0) is 6.42 Å². The van der Waals surface area contributed by atoms with Crippen molar-refractivity contribution in [2.24, 2.45) is 10.7 Å². The van der Waals surface area contributed by atoms with E-state index in [0.717, 1.165) is 23.1 Å². The fourth-order valence-corrected chi connectivity index (χ4v) is 3.35. The Balaban J connectivity index is 1.78. The van der Waals surface area contributed by atoms with Gasteiger partial charge in [0.25, 0.3) is 0 Å². The number of guanidine groups is 1. The number of thioether (sulfide) groups is 1. The molecule has 2 rings (SSSR count). The number of halogens is 1. The zero-order chi connectivity index (χ0) is 17.4. The topological polar surface area (TPSA) is 63.3 Å². The van der Waals surface area contributed by atoms with E-state index in [4.69, 9.17) is 5.73 Å². The summed E-state index contributed by atoms with van der Waals surface area (Å²) >= 11 is 5.25. The smallest absolute Gasteiger partial charge is 0.188 e. The molecule has 0 saturated carbocycles. The largest absolute Gasteiger partial charge is 0.370 e. The Morgan fingerprint density at radius 3 is 2.67 bits per heavy atom. The molecule has 6 heteroatoms. The van der Waals surface area contributed by atoms with E-state index in [-0.39, 0.29) is 4.75 Å². The van der Waals surface area contributed by atoms with Crippen molar-refractivity contribution in [2.45, 2.75) is 29.9 Å². The maximum Gasteiger partial charge on any atom is 0.188 e. The molecule has 4 nitrogen and oxygen atoms in total. The highest BCUT2D eigenvalue weighted by molar-refractivity contribution is 9.10. The molecule has 0 aliphatic heterocycles. The summed E-state index contributed by atoms with van der Waals surface area (Å²) in [5.74, 6) is 0.482. The molecule has 0 radical (unpaired) electrons. The van der Waals surface area contributed by atoms with Gasteiger partial charge in [0.05, 0.1) is 6.54 Å². The Labute approximate surface area is 156 Å². The van der Waals surface area contributed by atoms with Crippen molar-refractivity contribution in [1.29, 1.82) is 0 Å².